The van der Waals surface area contributed by atoms with E-state index in [0.717, 1.165) is 42.9 Å². The molecule has 4 heterocycles. The van der Waals surface area contributed by atoms with Gasteiger partial charge in [0.2, 0.25) is 5.91 Å². The van der Waals surface area contributed by atoms with Crippen molar-refractivity contribution in [2.45, 2.75) is 32.0 Å². The molecule has 1 amide bonds. The second-order valence-corrected chi connectivity index (χ2v) is 6.72. The number of fused-ring (bicyclic) bond motifs is 1. The number of morpholine rings is 1. The molecule has 0 bridgehead atoms. The summed E-state index contributed by atoms with van der Waals surface area (Å²) in [7, 11) is 0. The molecule has 0 aliphatic carbocycles. The zero-order valence-electron chi connectivity index (χ0n) is 14.4. The molecule has 2 atom stereocenters. The van der Waals surface area contributed by atoms with Crippen LogP contribution in [0.2, 0.25) is 0 Å². The van der Waals surface area contributed by atoms with Crippen LogP contribution in [-0.4, -0.2) is 69.3 Å². The summed E-state index contributed by atoms with van der Waals surface area (Å²) in [4.78, 5) is 20.5. The SMILES string of the molecule is CC(=O)N1CCOC2CCN(Cc3cn[nH]c3-c3cccnc3)CC21. The van der Waals surface area contributed by atoms with E-state index in [9.17, 15) is 4.79 Å². The summed E-state index contributed by atoms with van der Waals surface area (Å²) < 4.78 is 5.89. The highest BCUT2D eigenvalue weighted by Gasteiger charge is 2.38. The highest BCUT2D eigenvalue weighted by molar-refractivity contribution is 5.73. The van der Waals surface area contributed by atoms with Crippen molar-refractivity contribution < 1.29 is 9.53 Å². The summed E-state index contributed by atoms with van der Waals surface area (Å²) >= 11 is 0. The summed E-state index contributed by atoms with van der Waals surface area (Å²) in [6.45, 7) is 5.59. The number of amides is 1. The Labute approximate surface area is 147 Å². The highest BCUT2D eigenvalue weighted by Crippen LogP contribution is 2.26. The maximum Gasteiger partial charge on any atom is 0.219 e. The first kappa shape index (κ1) is 16.2. The summed E-state index contributed by atoms with van der Waals surface area (Å²) in [6, 6.07) is 4.10. The Hall–Kier alpha value is -2.25. The molecule has 2 aromatic rings. The third-order valence-corrected chi connectivity index (χ3v) is 5.14. The van der Waals surface area contributed by atoms with Gasteiger partial charge in [-0.2, -0.15) is 5.10 Å². The van der Waals surface area contributed by atoms with Crippen molar-refractivity contribution in [2.24, 2.45) is 0 Å². The quantitative estimate of drug-likeness (QED) is 0.911. The molecule has 2 fully saturated rings. The average Bonchev–Trinajstić information content (AvgIpc) is 3.10. The number of pyridine rings is 1. The number of carbonyl (C=O) groups excluding carboxylic acids is 1. The van der Waals surface area contributed by atoms with Crippen LogP contribution in [0, 0.1) is 0 Å². The molecule has 2 saturated heterocycles. The number of likely N-dealkylation sites (tertiary alicyclic amines) is 1. The number of rotatable bonds is 3. The number of carbonyl (C=O) groups is 1. The van der Waals surface area contributed by atoms with Crippen LogP contribution in [0.5, 0.6) is 0 Å². The highest BCUT2D eigenvalue weighted by atomic mass is 16.5. The lowest BCUT2D eigenvalue weighted by molar-refractivity contribution is -0.150. The van der Waals surface area contributed by atoms with E-state index in [1.807, 2.05) is 29.4 Å². The number of piperidine rings is 1. The van der Waals surface area contributed by atoms with Crippen molar-refractivity contribution in [1.82, 2.24) is 25.0 Å². The normalized spacial score (nSPS) is 24.1. The van der Waals surface area contributed by atoms with E-state index in [0.29, 0.717) is 13.2 Å². The van der Waals surface area contributed by atoms with E-state index < -0.39 is 0 Å². The lowest BCUT2D eigenvalue weighted by atomic mass is 9.98. The van der Waals surface area contributed by atoms with E-state index >= 15 is 0 Å². The Kier molecular flexibility index (Phi) is 4.50. The number of hydrogen-bond acceptors (Lipinski definition) is 5. The molecule has 7 nitrogen and oxygen atoms in total. The number of ether oxygens (including phenoxy) is 1. The molecule has 4 rings (SSSR count). The van der Waals surface area contributed by atoms with Gasteiger partial charge in [-0.1, -0.05) is 0 Å². The van der Waals surface area contributed by atoms with Crippen molar-refractivity contribution in [3.8, 4) is 11.3 Å². The van der Waals surface area contributed by atoms with Crippen LogP contribution < -0.4 is 0 Å². The van der Waals surface area contributed by atoms with Gasteiger partial charge in [0.05, 0.1) is 30.6 Å². The lowest BCUT2D eigenvalue weighted by Gasteiger charge is -2.46. The van der Waals surface area contributed by atoms with Gasteiger partial charge in [-0.15, -0.1) is 0 Å². The van der Waals surface area contributed by atoms with E-state index in [1.54, 1.807) is 13.1 Å². The molecule has 0 aromatic carbocycles. The largest absolute Gasteiger partial charge is 0.374 e. The maximum atomic E-state index is 11.9. The minimum absolute atomic E-state index is 0.138. The van der Waals surface area contributed by atoms with Crippen LogP contribution in [0.4, 0.5) is 0 Å². The number of H-pyrrole nitrogens is 1. The first-order valence-corrected chi connectivity index (χ1v) is 8.76. The van der Waals surface area contributed by atoms with E-state index in [2.05, 4.69) is 20.1 Å². The topological polar surface area (TPSA) is 74.3 Å². The molecule has 0 radical (unpaired) electrons. The van der Waals surface area contributed by atoms with Gasteiger partial charge >= 0.3 is 0 Å². The molecule has 0 saturated carbocycles. The molecule has 132 valence electrons. The van der Waals surface area contributed by atoms with Gasteiger partial charge in [-0.25, -0.2) is 0 Å². The van der Waals surface area contributed by atoms with Crippen molar-refractivity contribution in [3.63, 3.8) is 0 Å². The molecule has 2 unspecified atom stereocenters. The van der Waals surface area contributed by atoms with E-state index in [4.69, 9.17) is 4.74 Å². The zero-order valence-corrected chi connectivity index (χ0v) is 14.4. The number of nitrogens with one attached hydrogen (secondary N) is 1. The van der Waals surface area contributed by atoms with Gasteiger partial charge in [0, 0.05) is 56.6 Å². The van der Waals surface area contributed by atoms with Crippen LogP contribution in [0.1, 0.15) is 18.9 Å². The summed E-state index contributed by atoms with van der Waals surface area (Å²) in [5.74, 6) is 0.138. The monoisotopic (exact) mass is 341 g/mol. The first-order valence-electron chi connectivity index (χ1n) is 8.76. The maximum absolute atomic E-state index is 11.9. The fraction of sp³-hybridized carbons (Fsp3) is 0.500. The van der Waals surface area contributed by atoms with Crippen molar-refractivity contribution >= 4 is 5.91 Å². The average molecular weight is 341 g/mol. The van der Waals surface area contributed by atoms with Gasteiger partial charge in [0.15, 0.2) is 0 Å². The predicted octanol–water partition coefficient (Wildman–Crippen LogP) is 1.29. The molecular weight excluding hydrogens is 318 g/mol. The van der Waals surface area contributed by atoms with Gasteiger partial charge in [-0.3, -0.25) is 19.8 Å². The zero-order chi connectivity index (χ0) is 17.2. The van der Waals surface area contributed by atoms with E-state index in [1.165, 1.54) is 0 Å². The minimum atomic E-state index is 0.138. The van der Waals surface area contributed by atoms with Crippen LogP contribution in [0.25, 0.3) is 11.3 Å². The van der Waals surface area contributed by atoms with Crippen LogP contribution in [0.3, 0.4) is 0 Å². The van der Waals surface area contributed by atoms with Crippen LogP contribution in [0.15, 0.2) is 30.7 Å². The molecule has 7 heteroatoms. The summed E-state index contributed by atoms with van der Waals surface area (Å²) in [6.07, 6.45) is 6.61. The number of aromatic amines is 1. The third-order valence-electron chi connectivity index (χ3n) is 5.14. The van der Waals surface area contributed by atoms with Crippen molar-refractivity contribution in [2.75, 3.05) is 26.2 Å². The second kappa shape index (κ2) is 6.93. The smallest absolute Gasteiger partial charge is 0.219 e. The molecule has 0 spiro atoms. The Morgan fingerprint density at radius 3 is 3.12 bits per heavy atom. The van der Waals surface area contributed by atoms with Gasteiger partial charge in [0.1, 0.15) is 0 Å². The van der Waals surface area contributed by atoms with Crippen molar-refractivity contribution in [1.29, 1.82) is 0 Å². The molecule has 2 aromatic heterocycles. The fourth-order valence-electron chi connectivity index (χ4n) is 3.90. The summed E-state index contributed by atoms with van der Waals surface area (Å²) in [5.41, 5.74) is 3.20. The van der Waals surface area contributed by atoms with Crippen LogP contribution >= 0.6 is 0 Å². The van der Waals surface area contributed by atoms with Crippen molar-refractivity contribution in [3.05, 3.63) is 36.3 Å². The summed E-state index contributed by atoms with van der Waals surface area (Å²) in [5, 5.41) is 7.31. The Balaban J connectivity index is 1.49. The van der Waals surface area contributed by atoms with E-state index in [-0.39, 0.29) is 18.1 Å². The Morgan fingerprint density at radius 1 is 1.40 bits per heavy atom. The molecule has 2 aliphatic rings. The molecule has 1 N–H and O–H groups in total. The second-order valence-electron chi connectivity index (χ2n) is 6.72. The first-order chi connectivity index (χ1) is 12.2. The predicted molar refractivity (Wildman–Crippen MR) is 92.6 cm³/mol. The number of nitrogens with zero attached hydrogens (tertiary/aromatic N) is 4. The molecular formula is C18H23N5O2. The minimum Gasteiger partial charge on any atom is -0.374 e. The van der Waals surface area contributed by atoms with Gasteiger partial charge < -0.3 is 9.64 Å². The number of aromatic nitrogens is 3. The fourth-order valence-corrected chi connectivity index (χ4v) is 3.90. The van der Waals surface area contributed by atoms with Crippen LogP contribution in [-0.2, 0) is 16.1 Å². The molecule has 2 aliphatic heterocycles. The standard InChI is InChI=1S/C18H23N5O2/c1-13(24)23-7-8-25-17-4-6-22(12-16(17)23)11-15-10-20-21-18(15)14-3-2-5-19-9-14/h2-3,5,9-10,16-17H,4,6-8,11-12H2,1H3,(H,20,21). The Morgan fingerprint density at radius 2 is 2.32 bits per heavy atom. The molecule has 25 heavy (non-hydrogen) atoms. The van der Waals surface area contributed by atoms with Gasteiger partial charge in [0.25, 0.3) is 0 Å². The third kappa shape index (κ3) is 3.29. The lowest BCUT2D eigenvalue weighted by Crippen LogP contribution is -2.60. The van der Waals surface area contributed by atoms with Gasteiger partial charge in [-0.05, 0) is 18.6 Å². The Bertz CT molecular complexity index is 732. The number of hydrogen-bond donors (Lipinski definition) is 1.